The van der Waals surface area contributed by atoms with Gasteiger partial charge in [0, 0.05) is 24.1 Å². The Labute approximate surface area is 190 Å². The lowest BCUT2D eigenvalue weighted by Crippen LogP contribution is -2.18. The Bertz CT molecular complexity index is 941. The smallest absolute Gasteiger partial charge is 0.240 e. The third kappa shape index (κ3) is 7.34. The van der Waals surface area contributed by atoms with E-state index >= 15 is 0 Å². The van der Waals surface area contributed by atoms with E-state index in [1.54, 1.807) is 30.3 Å². The van der Waals surface area contributed by atoms with Gasteiger partial charge in [0.1, 0.15) is 0 Å². The van der Waals surface area contributed by atoms with Crippen LogP contribution < -0.4 is 25.0 Å². The predicted molar refractivity (Wildman–Crippen MR) is 121 cm³/mol. The average Bonchev–Trinajstić information content (AvgIpc) is 2.75. The van der Waals surface area contributed by atoms with Crippen LogP contribution in [0.15, 0.2) is 35.4 Å². The number of methoxy groups -OCH3 is 3. The molecule has 0 radical (unpaired) electrons. The highest BCUT2D eigenvalue weighted by molar-refractivity contribution is 6.42. The first-order chi connectivity index (χ1) is 14.9. The van der Waals surface area contributed by atoms with Crippen molar-refractivity contribution in [2.45, 2.75) is 19.3 Å². The summed E-state index contributed by atoms with van der Waals surface area (Å²) in [5.74, 6) is 0.869. The first-order valence-corrected chi connectivity index (χ1v) is 10.00. The third-order valence-corrected chi connectivity index (χ3v) is 4.84. The van der Waals surface area contributed by atoms with E-state index in [9.17, 15) is 9.59 Å². The van der Waals surface area contributed by atoms with Crippen molar-refractivity contribution in [2.24, 2.45) is 5.10 Å². The number of carbonyl (C=O) groups excluding carboxylic acids is 2. The van der Waals surface area contributed by atoms with Gasteiger partial charge in [-0.1, -0.05) is 23.2 Å². The van der Waals surface area contributed by atoms with Gasteiger partial charge in [-0.3, -0.25) is 9.59 Å². The van der Waals surface area contributed by atoms with Crippen molar-refractivity contribution in [1.82, 2.24) is 5.43 Å². The fourth-order valence-corrected chi connectivity index (χ4v) is 2.92. The lowest BCUT2D eigenvalue weighted by atomic mass is 10.2. The maximum absolute atomic E-state index is 12.0. The molecule has 0 aromatic heterocycles. The second kappa shape index (κ2) is 12.0. The first kappa shape index (κ1) is 24.3. The second-order valence-electron chi connectivity index (χ2n) is 6.28. The van der Waals surface area contributed by atoms with Crippen LogP contribution in [0.3, 0.4) is 0 Å². The maximum Gasteiger partial charge on any atom is 0.240 e. The molecule has 2 aromatic carbocycles. The van der Waals surface area contributed by atoms with Gasteiger partial charge < -0.3 is 19.5 Å². The largest absolute Gasteiger partial charge is 0.493 e. The highest BCUT2D eigenvalue weighted by Crippen LogP contribution is 2.37. The van der Waals surface area contributed by atoms with Crippen LogP contribution in [-0.2, 0) is 9.59 Å². The molecule has 2 rings (SSSR count). The van der Waals surface area contributed by atoms with E-state index in [1.807, 2.05) is 0 Å². The van der Waals surface area contributed by atoms with Crippen molar-refractivity contribution < 1.29 is 23.8 Å². The number of ether oxygens (including phenoxy) is 3. The van der Waals surface area contributed by atoms with Gasteiger partial charge in [-0.05, 0) is 36.8 Å². The van der Waals surface area contributed by atoms with Gasteiger partial charge in [-0.25, -0.2) is 5.43 Å². The molecule has 8 nitrogen and oxygen atoms in total. The fraction of sp³-hybridized carbons (Fsp3) is 0.286. The molecule has 31 heavy (non-hydrogen) atoms. The van der Waals surface area contributed by atoms with Crippen molar-refractivity contribution in [3.8, 4) is 17.2 Å². The summed E-state index contributed by atoms with van der Waals surface area (Å²) in [5.41, 5.74) is 3.62. The zero-order valence-corrected chi connectivity index (χ0v) is 18.8. The second-order valence-corrected chi connectivity index (χ2v) is 7.10. The Balaban J connectivity index is 1.80. The van der Waals surface area contributed by atoms with Crippen molar-refractivity contribution in [3.63, 3.8) is 0 Å². The zero-order chi connectivity index (χ0) is 22.8. The number of rotatable bonds is 10. The summed E-state index contributed by atoms with van der Waals surface area (Å²) in [6.45, 7) is 0. The Morgan fingerprint density at radius 1 is 0.935 bits per heavy atom. The van der Waals surface area contributed by atoms with E-state index in [4.69, 9.17) is 37.4 Å². The maximum atomic E-state index is 12.0. The fourth-order valence-electron chi connectivity index (χ4n) is 2.62. The Hall–Kier alpha value is -2.97. The van der Waals surface area contributed by atoms with Crippen LogP contribution in [0.5, 0.6) is 17.2 Å². The number of nitrogens with one attached hydrogen (secondary N) is 2. The number of anilines is 1. The van der Waals surface area contributed by atoms with Gasteiger partial charge >= 0.3 is 0 Å². The number of nitrogens with zero attached hydrogens (tertiary/aromatic N) is 1. The van der Waals surface area contributed by atoms with Gasteiger partial charge in [0.25, 0.3) is 0 Å². The standard InChI is InChI=1S/C21H23Cl2N3O5/c1-29-17-9-13(10-18(30-2)21(17)31-3)12-24-26-20(28)6-4-5-19(27)25-14-7-8-15(22)16(23)11-14/h7-12H,4-6H2,1-3H3,(H,25,27)(H,26,28)/b24-12-. The lowest BCUT2D eigenvalue weighted by molar-refractivity contribution is -0.121. The lowest BCUT2D eigenvalue weighted by Gasteiger charge is -2.12. The number of benzene rings is 2. The van der Waals surface area contributed by atoms with Crippen molar-refractivity contribution in [1.29, 1.82) is 0 Å². The van der Waals surface area contributed by atoms with Crippen LogP contribution >= 0.6 is 23.2 Å². The van der Waals surface area contributed by atoms with Gasteiger partial charge in [0.05, 0.1) is 37.6 Å². The molecule has 0 aliphatic carbocycles. The minimum absolute atomic E-state index is 0.140. The van der Waals surface area contributed by atoms with Crippen LogP contribution in [0.1, 0.15) is 24.8 Å². The van der Waals surface area contributed by atoms with Crippen molar-refractivity contribution in [3.05, 3.63) is 45.9 Å². The summed E-state index contributed by atoms with van der Waals surface area (Å²) >= 11 is 11.8. The molecule has 0 fully saturated rings. The number of amides is 2. The first-order valence-electron chi connectivity index (χ1n) is 9.24. The van der Waals surface area contributed by atoms with Crippen LogP contribution in [-0.4, -0.2) is 39.4 Å². The van der Waals surface area contributed by atoms with E-state index in [0.29, 0.717) is 45.0 Å². The molecule has 2 N–H and O–H groups in total. The topological polar surface area (TPSA) is 98.2 Å². The predicted octanol–water partition coefficient (Wildman–Crippen LogP) is 4.28. The molecular weight excluding hydrogens is 445 g/mol. The number of carbonyl (C=O) groups is 2. The number of hydrazone groups is 1. The molecule has 166 valence electrons. The molecule has 0 bridgehead atoms. The molecule has 0 atom stereocenters. The molecule has 0 aliphatic rings. The highest BCUT2D eigenvalue weighted by atomic mass is 35.5. The third-order valence-electron chi connectivity index (χ3n) is 4.10. The molecule has 2 aromatic rings. The minimum atomic E-state index is -0.314. The van der Waals surface area contributed by atoms with Crippen LogP contribution in [0, 0.1) is 0 Å². The normalized spacial score (nSPS) is 10.6. The summed E-state index contributed by atoms with van der Waals surface area (Å²) in [6, 6.07) is 8.21. The van der Waals surface area contributed by atoms with Gasteiger partial charge in [-0.15, -0.1) is 0 Å². The van der Waals surface area contributed by atoms with Crippen LogP contribution in [0.4, 0.5) is 5.69 Å². The van der Waals surface area contributed by atoms with E-state index in [0.717, 1.165) is 0 Å². The van der Waals surface area contributed by atoms with Crippen molar-refractivity contribution in [2.75, 3.05) is 26.6 Å². The molecular formula is C21H23Cl2N3O5. The van der Waals surface area contributed by atoms with Gasteiger partial charge in [-0.2, -0.15) is 5.10 Å². The van der Waals surface area contributed by atoms with Gasteiger partial charge in [0.2, 0.25) is 17.6 Å². The van der Waals surface area contributed by atoms with E-state index in [1.165, 1.54) is 27.5 Å². The molecule has 0 spiro atoms. The molecule has 0 saturated heterocycles. The Kier molecular flexibility index (Phi) is 9.42. The zero-order valence-electron chi connectivity index (χ0n) is 17.3. The minimum Gasteiger partial charge on any atom is -0.493 e. The van der Waals surface area contributed by atoms with Gasteiger partial charge in [0.15, 0.2) is 11.5 Å². The van der Waals surface area contributed by atoms with E-state index in [2.05, 4.69) is 15.8 Å². The molecule has 0 saturated carbocycles. The molecule has 0 unspecified atom stereocenters. The number of hydrogen-bond acceptors (Lipinski definition) is 6. The average molecular weight is 468 g/mol. The molecule has 10 heteroatoms. The highest BCUT2D eigenvalue weighted by Gasteiger charge is 2.12. The summed E-state index contributed by atoms with van der Waals surface area (Å²) in [4.78, 5) is 23.9. The van der Waals surface area contributed by atoms with Crippen molar-refractivity contribution >= 4 is 46.9 Å². The monoisotopic (exact) mass is 467 g/mol. The quantitative estimate of drug-likeness (QED) is 0.401. The summed E-state index contributed by atoms with van der Waals surface area (Å²) < 4.78 is 15.8. The summed E-state index contributed by atoms with van der Waals surface area (Å²) in [6.07, 6.45) is 2.13. The number of halogens is 2. The summed E-state index contributed by atoms with van der Waals surface area (Å²) in [5, 5.41) is 7.39. The Morgan fingerprint density at radius 3 is 2.16 bits per heavy atom. The van der Waals surface area contributed by atoms with Crippen LogP contribution in [0.25, 0.3) is 0 Å². The number of hydrogen-bond donors (Lipinski definition) is 2. The van der Waals surface area contributed by atoms with Crippen LogP contribution in [0.2, 0.25) is 10.0 Å². The summed E-state index contributed by atoms with van der Waals surface area (Å²) in [7, 11) is 4.54. The molecule has 2 amide bonds. The molecule has 0 heterocycles. The van der Waals surface area contributed by atoms with E-state index in [-0.39, 0.29) is 24.7 Å². The Morgan fingerprint density at radius 2 is 1.58 bits per heavy atom. The van der Waals surface area contributed by atoms with E-state index < -0.39 is 0 Å². The SMILES string of the molecule is COc1cc(/C=N\NC(=O)CCCC(=O)Nc2ccc(Cl)c(Cl)c2)cc(OC)c1OC. The molecule has 0 aliphatic heterocycles.